The molecular formula is C15H27N5O. The molecule has 0 aromatic carbocycles. The maximum absolute atomic E-state index is 5.72. The summed E-state index contributed by atoms with van der Waals surface area (Å²) in [7, 11) is 4.23. The number of aromatic nitrogens is 2. The lowest BCUT2D eigenvalue weighted by Gasteiger charge is -2.25. The molecule has 6 nitrogen and oxygen atoms in total. The van der Waals surface area contributed by atoms with E-state index in [2.05, 4.69) is 39.2 Å². The number of ether oxygens (including phenoxy) is 1. The van der Waals surface area contributed by atoms with E-state index in [1.807, 2.05) is 19.3 Å². The molecule has 1 aliphatic heterocycles. The summed E-state index contributed by atoms with van der Waals surface area (Å²) in [4.78, 5) is 13.3. The van der Waals surface area contributed by atoms with Gasteiger partial charge in [-0.05, 0) is 21.0 Å². The fraction of sp³-hybridized carbons (Fsp3) is 0.733. The molecule has 1 N–H and O–H groups in total. The zero-order valence-corrected chi connectivity index (χ0v) is 13.4. The van der Waals surface area contributed by atoms with E-state index in [0.717, 1.165) is 51.5 Å². The zero-order valence-electron chi connectivity index (χ0n) is 13.4. The molecule has 1 atom stereocenters. The molecule has 0 amide bonds. The van der Waals surface area contributed by atoms with E-state index >= 15 is 0 Å². The number of hydrogen-bond acceptors (Lipinski definition) is 6. The number of nitrogens with zero attached hydrogens (tertiary/aromatic N) is 4. The summed E-state index contributed by atoms with van der Waals surface area (Å²) >= 11 is 0. The second-order valence-electron chi connectivity index (χ2n) is 5.88. The number of rotatable bonds is 6. The van der Waals surface area contributed by atoms with Gasteiger partial charge < -0.3 is 15.0 Å². The van der Waals surface area contributed by atoms with Crippen molar-refractivity contribution in [1.82, 2.24) is 19.8 Å². The predicted molar refractivity (Wildman–Crippen MR) is 84.3 cm³/mol. The molecule has 0 saturated carbocycles. The van der Waals surface area contributed by atoms with E-state index in [-0.39, 0.29) is 0 Å². The highest BCUT2D eigenvalue weighted by Gasteiger charge is 2.19. The summed E-state index contributed by atoms with van der Waals surface area (Å²) < 4.78 is 5.72. The van der Waals surface area contributed by atoms with Crippen molar-refractivity contribution in [3.8, 4) is 0 Å². The van der Waals surface area contributed by atoms with Crippen LogP contribution in [0.2, 0.25) is 0 Å². The highest BCUT2D eigenvalue weighted by molar-refractivity contribution is 5.24. The lowest BCUT2D eigenvalue weighted by Crippen LogP contribution is -2.34. The quantitative estimate of drug-likeness (QED) is 0.842. The topological polar surface area (TPSA) is 53.5 Å². The molecule has 1 fully saturated rings. The van der Waals surface area contributed by atoms with Gasteiger partial charge in [-0.15, -0.1) is 0 Å². The Labute approximate surface area is 127 Å². The van der Waals surface area contributed by atoms with Crippen LogP contribution in [-0.2, 0) is 11.3 Å². The van der Waals surface area contributed by atoms with Crippen LogP contribution in [0.25, 0.3) is 0 Å². The van der Waals surface area contributed by atoms with Crippen LogP contribution in [0.1, 0.15) is 12.5 Å². The Balaban J connectivity index is 1.90. The van der Waals surface area contributed by atoms with Crippen molar-refractivity contribution in [3.05, 3.63) is 18.0 Å². The van der Waals surface area contributed by atoms with E-state index in [1.165, 1.54) is 0 Å². The first-order chi connectivity index (χ1) is 10.2. The van der Waals surface area contributed by atoms with Gasteiger partial charge in [0.25, 0.3) is 0 Å². The Morgan fingerprint density at radius 2 is 2.14 bits per heavy atom. The summed E-state index contributed by atoms with van der Waals surface area (Å²) in [5.41, 5.74) is 1.15. The van der Waals surface area contributed by atoms with Crippen LogP contribution in [0.4, 0.5) is 5.95 Å². The normalized spacial score (nSPS) is 20.5. The van der Waals surface area contributed by atoms with Crippen LogP contribution in [0.15, 0.2) is 12.4 Å². The molecule has 1 aromatic heterocycles. The first-order valence-corrected chi connectivity index (χ1v) is 7.67. The fourth-order valence-electron chi connectivity index (χ4n) is 2.67. The molecular weight excluding hydrogens is 266 g/mol. The SMILES string of the molecule is CCNc1ncc(CN2CCOC[C@H](CN(C)C)C2)cn1. The van der Waals surface area contributed by atoms with Gasteiger partial charge in [-0.25, -0.2) is 9.97 Å². The monoisotopic (exact) mass is 293 g/mol. The van der Waals surface area contributed by atoms with E-state index in [1.54, 1.807) is 0 Å². The molecule has 0 spiro atoms. The first kappa shape index (κ1) is 16.1. The third-order valence-corrected chi connectivity index (χ3v) is 3.49. The molecule has 0 aliphatic carbocycles. The molecule has 6 heteroatoms. The van der Waals surface area contributed by atoms with Crippen molar-refractivity contribution in [2.24, 2.45) is 5.92 Å². The van der Waals surface area contributed by atoms with Crippen LogP contribution >= 0.6 is 0 Å². The third-order valence-electron chi connectivity index (χ3n) is 3.49. The molecule has 118 valence electrons. The van der Waals surface area contributed by atoms with Gasteiger partial charge >= 0.3 is 0 Å². The minimum atomic E-state index is 0.560. The molecule has 1 aliphatic rings. The average molecular weight is 293 g/mol. The van der Waals surface area contributed by atoms with Crippen LogP contribution < -0.4 is 5.32 Å². The van der Waals surface area contributed by atoms with Crippen LogP contribution in [0, 0.1) is 5.92 Å². The first-order valence-electron chi connectivity index (χ1n) is 7.67. The van der Waals surface area contributed by atoms with Gasteiger partial charge in [0.05, 0.1) is 13.2 Å². The molecule has 0 radical (unpaired) electrons. The van der Waals surface area contributed by atoms with Crippen LogP contribution in [-0.4, -0.2) is 73.3 Å². The lowest BCUT2D eigenvalue weighted by molar-refractivity contribution is 0.112. The lowest BCUT2D eigenvalue weighted by atomic mass is 10.1. The van der Waals surface area contributed by atoms with Gasteiger partial charge in [-0.2, -0.15) is 0 Å². The smallest absolute Gasteiger partial charge is 0.222 e. The average Bonchev–Trinajstić information content (AvgIpc) is 2.66. The molecule has 1 saturated heterocycles. The van der Waals surface area contributed by atoms with Gasteiger partial charge in [-0.3, -0.25) is 4.90 Å². The van der Waals surface area contributed by atoms with Crippen molar-refractivity contribution in [1.29, 1.82) is 0 Å². The van der Waals surface area contributed by atoms with Crippen molar-refractivity contribution < 1.29 is 4.74 Å². The van der Waals surface area contributed by atoms with Gasteiger partial charge in [-0.1, -0.05) is 0 Å². The van der Waals surface area contributed by atoms with E-state index in [4.69, 9.17) is 4.74 Å². The molecule has 0 bridgehead atoms. The van der Waals surface area contributed by atoms with Gasteiger partial charge in [0.2, 0.25) is 5.95 Å². The fourth-order valence-corrected chi connectivity index (χ4v) is 2.67. The molecule has 2 rings (SSSR count). The third kappa shape index (κ3) is 5.57. The zero-order chi connectivity index (χ0) is 15.1. The van der Waals surface area contributed by atoms with Gasteiger partial charge in [0, 0.05) is 56.6 Å². The van der Waals surface area contributed by atoms with E-state index in [0.29, 0.717) is 11.9 Å². The molecule has 0 unspecified atom stereocenters. The maximum atomic E-state index is 5.72. The second kappa shape index (κ2) is 8.26. The summed E-state index contributed by atoms with van der Waals surface area (Å²) in [6.07, 6.45) is 3.83. The van der Waals surface area contributed by atoms with Crippen molar-refractivity contribution in [2.75, 3.05) is 58.8 Å². The summed E-state index contributed by atoms with van der Waals surface area (Å²) in [5, 5.41) is 3.12. The Hall–Kier alpha value is -1.24. The minimum Gasteiger partial charge on any atom is -0.380 e. The highest BCUT2D eigenvalue weighted by Crippen LogP contribution is 2.12. The highest BCUT2D eigenvalue weighted by atomic mass is 16.5. The Morgan fingerprint density at radius 1 is 1.38 bits per heavy atom. The van der Waals surface area contributed by atoms with Crippen LogP contribution in [0.3, 0.4) is 0 Å². The van der Waals surface area contributed by atoms with Gasteiger partial charge in [0.1, 0.15) is 0 Å². The second-order valence-corrected chi connectivity index (χ2v) is 5.88. The Bertz CT molecular complexity index is 409. The van der Waals surface area contributed by atoms with E-state index < -0.39 is 0 Å². The minimum absolute atomic E-state index is 0.560. The Kier molecular flexibility index (Phi) is 6.35. The summed E-state index contributed by atoms with van der Waals surface area (Å²) in [5.74, 6) is 1.26. The summed E-state index contributed by atoms with van der Waals surface area (Å²) in [6, 6.07) is 0. The molecule has 21 heavy (non-hydrogen) atoms. The maximum Gasteiger partial charge on any atom is 0.222 e. The summed E-state index contributed by atoms with van der Waals surface area (Å²) in [6.45, 7) is 8.53. The molecule has 1 aromatic rings. The van der Waals surface area contributed by atoms with Crippen molar-refractivity contribution in [2.45, 2.75) is 13.5 Å². The number of anilines is 1. The number of nitrogens with one attached hydrogen (secondary N) is 1. The largest absolute Gasteiger partial charge is 0.380 e. The predicted octanol–water partition coefficient (Wildman–Crippen LogP) is 0.918. The standard InChI is InChI=1S/C15H27N5O/c1-4-16-15-17-7-13(8-18-15)10-20-5-6-21-12-14(11-20)9-19(2)3/h7-8,14H,4-6,9-12H2,1-3H3,(H,16,17,18)/t14-/m1/s1. The van der Waals surface area contributed by atoms with Crippen molar-refractivity contribution >= 4 is 5.95 Å². The molecule has 2 heterocycles. The van der Waals surface area contributed by atoms with E-state index in [9.17, 15) is 0 Å². The number of hydrogen-bond donors (Lipinski definition) is 1. The van der Waals surface area contributed by atoms with Gasteiger partial charge in [0.15, 0.2) is 0 Å². The van der Waals surface area contributed by atoms with Crippen LogP contribution in [0.5, 0.6) is 0 Å². The van der Waals surface area contributed by atoms with Crippen molar-refractivity contribution in [3.63, 3.8) is 0 Å². The Morgan fingerprint density at radius 3 is 2.81 bits per heavy atom.